The maximum atomic E-state index is 13.9. The molecule has 1 aromatic heterocycles. The molecule has 2 N–H and O–H groups in total. The summed E-state index contributed by atoms with van der Waals surface area (Å²) in [4.78, 5) is 56.1. The SMILES string of the molecule is C/C=C1/C(C)=C(C(C)=O)C(=O)N(C2CCCC2)/C1=N/C(Nc1ccc(N2CCC(CN3CCC(O)(c4ccc(C(=O)C(C)C)c(CC)c4)CC3)CC2)cn1)=C(\C)CC. The van der Waals surface area contributed by atoms with Gasteiger partial charge in [0.1, 0.15) is 17.5 Å². The van der Waals surface area contributed by atoms with E-state index in [0.29, 0.717) is 41.8 Å². The molecule has 1 amide bonds. The number of benzene rings is 1. The minimum atomic E-state index is -0.854. The van der Waals surface area contributed by atoms with Gasteiger partial charge in [0.2, 0.25) is 0 Å². The Labute approximate surface area is 346 Å². The third kappa shape index (κ3) is 9.23. The van der Waals surface area contributed by atoms with Crippen molar-refractivity contribution in [3.8, 4) is 0 Å². The number of anilines is 2. The number of carbonyl (C=O) groups excluding carboxylic acids is 3. The molecule has 1 aliphatic carbocycles. The van der Waals surface area contributed by atoms with Gasteiger partial charge in [0.15, 0.2) is 11.6 Å². The number of amides is 1. The van der Waals surface area contributed by atoms with Crippen LogP contribution in [0.4, 0.5) is 11.5 Å². The van der Waals surface area contributed by atoms with Gasteiger partial charge in [-0.3, -0.25) is 19.3 Å². The van der Waals surface area contributed by atoms with E-state index in [1.54, 1.807) is 4.90 Å². The Morgan fingerprint density at radius 3 is 2.28 bits per heavy atom. The number of pyridine rings is 1. The van der Waals surface area contributed by atoms with Crippen molar-refractivity contribution < 1.29 is 19.5 Å². The van der Waals surface area contributed by atoms with E-state index in [1.165, 1.54) is 6.92 Å². The summed E-state index contributed by atoms with van der Waals surface area (Å²) in [5.74, 6) is 2.24. The van der Waals surface area contributed by atoms with E-state index in [1.807, 2.05) is 58.2 Å². The van der Waals surface area contributed by atoms with E-state index in [-0.39, 0.29) is 35.0 Å². The average Bonchev–Trinajstić information content (AvgIpc) is 3.76. The number of Topliss-reactive ketones (excluding diaryl/α,β-unsaturated/α-hetero) is 2. The summed E-state index contributed by atoms with van der Waals surface area (Å²) < 4.78 is 0. The Balaban J connectivity index is 1.07. The molecule has 0 bridgehead atoms. The van der Waals surface area contributed by atoms with Gasteiger partial charge in [0.25, 0.3) is 5.91 Å². The third-order valence-corrected chi connectivity index (χ3v) is 13.2. The summed E-state index contributed by atoms with van der Waals surface area (Å²) in [5, 5.41) is 15.2. The number of hydrogen-bond acceptors (Lipinski definition) is 9. The molecule has 10 heteroatoms. The monoisotopic (exact) mass is 791 g/mol. The first kappa shape index (κ1) is 43.2. The predicted octanol–water partition coefficient (Wildman–Crippen LogP) is 8.77. The van der Waals surface area contributed by atoms with Gasteiger partial charge in [0.05, 0.1) is 23.1 Å². The first-order valence-electron chi connectivity index (χ1n) is 21.9. The summed E-state index contributed by atoms with van der Waals surface area (Å²) in [6.07, 6.45) is 13.0. The number of rotatable bonds is 13. The normalized spacial score (nSPS) is 21.7. The highest BCUT2D eigenvalue weighted by Crippen LogP contribution is 2.37. The van der Waals surface area contributed by atoms with E-state index in [2.05, 4.69) is 48.0 Å². The zero-order valence-corrected chi connectivity index (χ0v) is 36.3. The number of nitrogens with zero attached hydrogens (tertiary/aromatic N) is 5. The number of aryl methyl sites for hydroxylation is 1. The minimum Gasteiger partial charge on any atom is -0.385 e. The van der Waals surface area contributed by atoms with Crippen molar-refractivity contribution in [2.24, 2.45) is 16.8 Å². The molecular weight excluding hydrogens is 725 g/mol. The van der Waals surface area contributed by atoms with Crippen LogP contribution >= 0.6 is 0 Å². The molecule has 2 aromatic rings. The van der Waals surface area contributed by atoms with E-state index >= 15 is 0 Å². The standard InChI is InChI=1S/C48H66N6O4/c1-9-32(6)45(51-46-40(11-3)33(7)43(34(8)55)47(57)54(46)38-14-12-13-15-38)50-42-19-17-39(29-49-42)53-24-20-35(21-25-53)30-52-26-22-48(58,23-27-52)37-16-18-41(36(10-2)28-37)44(56)31(4)5/h11,16-19,28-29,31,35,38,58H,9-10,12-15,20-27,30H2,1-8H3,(H,49,50)/b40-11-,45-32+,51-46+. The number of piperidine rings is 2. The number of ketones is 2. The van der Waals surface area contributed by atoms with Crippen LogP contribution in [-0.4, -0.2) is 82.0 Å². The summed E-state index contributed by atoms with van der Waals surface area (Å²) in [7, 11) is 0. The van der Waals surface area contributed by atoms with Gasteiger partial charge in [-0.25, -0.2) is 9.98 Å². The van der Waals surface area contributed by atoms with Gasteiger partial charge >= 0.3 is 0 Å². The van der Waals surface area contributed by atoms with Crippen molar-refractivity contribution in [3.05, 3.63) is 87.4 Å². The summed E-state index contributed by atoms with van der Waals surface area (Å²) in [5.41, 5.74) is 5.82. The fourth-order valence-electron chi connectivity index (χ4n) is 9.32. The van der Waals surface area contributed by atoms with Crippen LogP contribution in [0.15, 0.2) is 75.7 Å². The number of hydrogen-bond donors (Lipinski definition) is 2. The minimum absolute atomic E-state index is 0.0140. The zero-order valence-electron chi connectivity index (χ0n) is 36.3. The maximum Gasteiger partial charge on any atom is 0.263 e. The summed E-state index contributed by atoms with van der Waals surface area (Å²) >= 11 is 0. The van der Waals surface area contributed by atoms with Crippen LogP contribution < -0.4 is 10.2 Å². The highest BCUT2D eigenvalue weighted by molar-refractivity contribution is 6.29. The molecule has 3 fully saturated rings. The van der Waals surface area contributed by atoms with Crippen LogP contribution in [0, 0.1) is 11.8 Å². The maximum absolute atomic E-state index is 13.9. The first-order valence-corrected chi connectivity index (χ1v) is 21.9. The lowest BCUT2D eigenvalue weighted by molar-refractivity contribution is -0.127. The summed E-state index contributed by atoms with van der Waals surface area (Å²) in [6.45, 7) is 20.1. The van der Waals surface area contributed by atoms with E-state index < -0.39 is 5.60 Å². The highest BCUT2D eigenvalue weighted by Gasteiger charge is 2.40. The number of aliphatic hydroxyl groups is 1. The lowest BCUT2D eigenvalue weighted by Gasteiger charge is -2.41. The molecule has 1 aromatic carbocycles. The predicted molar refractivity (Wildman–Crippen MR) is 234 cm³/mol. The smallest absolute Gasteiger partial charge is 0.263 e. The molecule has 0 spiro atoms. The van der Waals surface area contributed by atoms with Gasteiger partial charge in [-0.05, 0) is 119 Å². The summed E-state index contributed by atoms with van der Waals surface area (Å²) in [6, 6.07) is 10.1. The Morgan fingerprint density at radius 1 is 1.02 bits per heavy atom. The molecule has 1 saturated carbocycles. The number of amidine groups is 1. The Hall–Kier alpha value is -4.41. The fraction of sp³-hybridized carbons (Fsp3) is 0.562. The lowest BCUT2D eigenvalue weighted by atomic mass is 9.81. The second kappa shape index (κ2) is 18.7. The van der Waals surface area contributed by atoms with Gasteiger partial charge in [-0.2, -0.15) is 0 Å². The van der Waals surface area contributed by atoms with Crippen molar-refractivity contribution in [1.82, 2.24) is 14.8 Å². The lowest BCUT2D eigenvalue weighted by Crippen LogP contribution is -2.49. The van der Waals surface area contributed by atoms with Crippen LogP contribution in [0.25, 0.3) is 0 Å². The van der Waals surface area contributed by atoms with Crippen molar-refractivity contribution in [1.29, 1.82) is 0 Å². The molecule has 0 radical (unpaired) electrons. The number of carbonyl (C=O) groups is 3. The molecule has 4 heterocycles. The first-order chi connectivity index (χ1) is 27.8. The molecule has 312 valence electrons. The molecule has 0 atom stereocenters. The van der Waals surface area contributed by atoms with Crippen LogP contribution in [0.3, 0.4) is 0 Å². The fourth-order valence-corrected chi connectivity index (χ4v) is 9.32. The second-order valence-corrected chi connectivity index (χ2v) is 17.3. The number of aliphatic imine (C=N–C) groups is 1. The van der Waals surface area contributed by atoms with Crippen molar-refractivity contribution in [2.75, 3.05) is 42.9 Å². The Morgan fingerprint density at radius 2 is 1.71 bits per heavy atom. The van der Waals surface area contributed by atoms with Crippen LogP contribution in [0.1, 0.15) is 135 Å². The van der Waals surface area contributed by atoms with E-state index in [9.17, 15) is 19.5 Å². The Kier molecular flexibility index (Phi) is 13.9. The van der Waals surface area contributed by atoms with Crippen LogP contribution in [0.2, 0.25) is 0 Å². The molecule has 4 aliphatic rings. The van der Waals surface area contributed by atoms with Crippen molar-refractivity contribution in [2.45, 2.75) is 131 Å². The quantitative estimate of drug-likeness (QED) is 0.153. The highest BCUT2D eigenvalue weighted by atomic mass is 16.3. The zero-order chi connectivity index (χ0) is 41.7. The molecule has 10 nitrogen and oxygen atoms in total. The van der Waals surface area contributed by atoms with Crippen LogP contribution in [-0.2, 0) is 21.6 Å². The number of nitrogens with one attached hydrogen (secondary N) is 1. The van der Waals surface area contributed by atoms with E-state index in [0.717, 1.165) is 118 Å². The average molecular weight is 791 g/mol. The van der Waals surface area contributed by atoms with Gasteiger partial charge < -0.3 is 20.2 Å². The third-order valence-electron chi connectivity index (χ3n) is 13.2. The molecule has 58 heavy (non-hydrogen) atoms. The largest absolute Gasteiger partial charge is 0.385 e. The van der Waals surface area contributed by atoms with Crippen molar-refractivity contribution >= 4 is 34.8 Å². The molecular formula is C48H66N6O4. The Bertz CT molecular complexity index is 1970. The molecule has 2 saturated heterocycles. The number of likely N-dealkylation sites (tertiary alicyclic amines) is 1. The van der Waals surface area contributed by atoms with Gasteiger partial charge in [-0.15, -0.1) is 0 Å². The van der Waals surface area contributed by atoms with Crippen molar-refractivity contribution in [3.63, 3.8) is 0 Å². The molecule has 6 rings (SSSR count). The number of aromatic nitrogens is 1. The topological polar surface area (TPSA) is 118 Å². The van der Waals surface area contributed by atoms with Gasteiger partial charge in [-0.1, -0.05) is 64.8 Å². The molecule has 3 aliphatic heterocycles. The second-order valence-electron chi connectivity index (χ2n) is 17.3. The van der Waals surface area contributed by atoms with E-state index in [4.69, 9.17) is 9.98 Å². The molecule has 0 unspecified atom stereocenters. The van der Waals surface area contributed by atoms with Gasteiger partial charge in [0, 0.05) is 55.8 Å². The number of allylic oxidation sites excluding steroid dienone is 2. The van der Waals surface area contributed by atoms with Crippen LogP contribution in [0.5, 0.6) is 0 Å².